The van der Waals surface area contributed by atoms with Crippen LogP contribution in [0.25, 0.3) is 0 Å². The Balaban J connectivity index is 3.36. The third-order valence-electron chi connectivity index (χ3n) is 0.700. The van der Waals surface area contributed by atoms with Crippen LogP contribution >= 0.6 is 12.6 Å². The van der Waals surface area contributed by atoms with Crippen molar-refractivity contribution in [3.05, 3.63) is 0 Å². The van der Waals surface area contributed by atoms with Crippen LogP contribution in [0, 0.1) is 0 Å². The third-order valence-corrected chi connectivity index (χ3v) is 1.46. The van der Waals surface area contributed by atoms with Crippen molar-refractivity contribution in [3.63, 3.8) is 0 Å². The molecule has 3 heteroatoms. The Morgan fingerprint density at radius 1 is 1.71 bits per heavy atom. The first-order chi connectivity index (χ1) is 3.12. The van der Waals surface area contributed by atoms with E-state index in [1.54, 1.807) is 0 Å². The highest BCUT2D eigenvalue weighted by atomic mass is 32.1. The second-order valence-corrected chi connectivity index (χ2v) is 2.35. The van der Waals surface area contributed by atoms with E-state index in [2.05, 4.69) is 17.5 Å². The molecule has 0 heterocycles. The SMILES string of the molecule is CC(C)(CS)ON. The summed E-state index contributed by atoms with van der Waals surface area (Å²) in [6.45, 7) is 3.75. The lowest BCUT2D eigenvalue weighted by molar-refractivity contribution is -0.000155. The van der Waals surface area contributed by atoms with E-state index in [0.29, 0.717) is 5.75 Å². The molecule has 0 unspecified atom stereocenters. The number of hydrogen-bond acceptors (Lipinski definition) is 3. The predicted molar refractivity (Wildman–Crippen MR) is 33.2 cm³/mol. The standard InChI is InChI=1S/C4H11NOS/c1-4(2,3-7)6-5/h7H,3,5H2,1-2H3. The fraction of sp³-hybridized carbons (Fsp3) is 1.00. The van der Waals surface area contributed by atoms with Gasteiger partial charge in [-0.3, -0.25) is 4.84 Å². The van der Waals surface area contributed by atoms with Gasteiger partial charge in [-0.15, -0.1) is 0 Å². The molecule has 0 fully saturated rings. The van der Waals surface area contributed by atoms with Crippen LogP contribution in [0.2, 0.25) is 0 Å². The normalized spacial score (nSPS) is 12.0. The first-order valence-corrected chi connectivity index (χ1v) is 2.74. The number of thiol groups is 1. The Hall–Kier alpha value is 0.270. The van der Waals surface area contributed by atoms with Crippen molar-refractivity contribution >= 4 is 12.6 Å². The molecule has 0 bridgehead atoms. The highest BCUT2D eigenvalue weighted by molar-refractivity contribution is 7.80. The zero-order valence-electron chi connectivity index (χ0n) is 4.64. The number of nitrogens with two attached hydrogens (primary N) is 1. The minimum absolute atomic E-state index is 0.275. The first-order valence-electron chi connectivity index (χ1n) is 2.11. The molecule has 0 aliphatic carbocycles. The van der Waals surface area contributed by atoms with Gasteiger partial charge >= 0.3 is 0 Å². The Labute approximate surface area is 49.4 Å². The van der Waals surface area contributed by atoms with Gasteiger partial charge in [0.15, 0.2) is 0 Å². The van der Waals surface area contributed by atoms with Gasteiger partial charge in [0.2, 0.25) is 0 Å². The molecule has 0 aromatic carbocycles. The second kappa shape index (κ2) is 2.55. The van der Waals surface area contributed by atoms with Crippen molar-refractivity contribution in [2.75, 3.05) is 5.75 Å². The van der Waals surface area contributed by atoms with E-state index in [-0.39, 0.29) is 5.60 Å². The second-order valence-electron chi connectivity index (χ2n) is 2.04. The summed E-state index contributed by atoms with van der Waals surface area (Å²) in [6.07, 6.45) is 0. The molecule has 0 atom stereocenters. The van der Waals surface area contributed by atoms with Gasteiger partial charge in [-0.2, -0.15) is 12.6 Å². The minimum Gasteiger partial charge on any atom is -0.298 e. The van der Waals surface area contributed by atoms with Gasteiger partial charge in [-0.25, -0.2) is 5.90 Å². The fourth-order valence-electron chi connectivity index (χ4n) is 0.0373. The lowest BCUT2D eigenvalue weighted by atomic mass is 10.2. The van der Waals surface area contributed by atoms with Gasteiger partial charge in [0.25, 0.3) is 0 Å². The summed E-state index contributed by atoms with van der Waals surface area (Å²) >= 11 is 3.98. The molecular weight excluding hydrogens is 110 g/mol. The summed E-state index contributed by atoms with van der Waals surface area (Å²) in [4.78, 5) is 4.51. The predicted octanol–water partition coefficient (Wildman–Crippen LogP) is 0.585. The molecule has 7 heavy (non-hydrogen) atoms. The van der Waals surface area contributed by atoms with Gasteiger partial charge < -0.3 is 0 Å². The van der Waals surface area contributed by atoms with Crippen LogP contribution in [0.15, 0.2) is 0 Å². The Morgan fingerprint density at radius 3 is 2.14 bits per heavy atom. The summed E-state index contributed by atoms with van der Waals surface area (Å²) < 4.78 is 0. The Morgan fingerprint density at radius 2 is 2.14 bits per heavy atom. The topological polar surface area (TPSA) is 35.2 Å². The average molecular weight is 121 g/mol. The van der Waals surface area contributed by atoms with Gasteiger partial charge in [0.1, 0.15) is 0 Å². The van der Waals surface area contributed by atoms with Crippen LogP contribution in [0.5, 0.6) is 0 Å². The van der Waals surface area contributed by atoms with E-state index in [4.69, 9.17) is 5.90 Å². The molecule has 2 N–H and O–H groups in total. The highest BCUT2D eigenvalue weighted by Gasteiger charge is 2.12. The maximum atomic E-state index is 4.87. The minimum atomic E-state index is -0.275. The molecule has 0 rings (SSSR count). The highest BCUT2D eigenvalue weighted by Crippen LogP contribution is 2.05. The molecule has 0 radical (unpaired) electrons. The summed E-state index contributed by atoms with van der Waals surface area (Å²) in [6, 6.07) is 0. The molecule has 0 aliphatic rings. The molecule has 0 saturated carbocycles. The smallest absolute Gasteiger partial charge is 0.0925 e. The van der Waals surface area contributed by atoms with Gasteiger partial charge in [-0.05, 0) is 13.8 Å². The van der Waals surface area contributed by atoms with Crippen molar-refractivity contribution in [3.8, 4) is 0 Å². The maximum Gasteiger partial charge on any atom is 0.0925 e. The molecule has 0 aliphatic heterocycles. The summed E-state index contributed by atoms with van der Waals surface area (Å²) in [5.74, 6) is 5.51. The van der Waals surface area contributed by atoms with Crippen molar-refractivity contribution in [1.82, 2.24) is 0 Å². The van der Waals surface area contributed by atoms with Crippen LogP contribution in [0.4, 0.5) is 0 Å². The monoisotopic (exact) mass is 121 g/mol. The largest absolute Gasteiger partial charge is 0.298 e. The number of rotatable bonds is 2. The zero-order chi connectivity index (χ0) is 5.91. The molecule has 0 aromatic rings. The first kappa shape index (κ1) is 7.27. The van der Waals surface area contributed by atoms with Crippen LogP contribution in [0.1, 0.15) is 13.8 Å². The van der Waals surface area contributed by atoms with E-state index in [9.17, 15) is 0 Å². The van der Waals surface area contributed by atoms with Crippen molar-refractivity contribution in [2.24, 2.45) is 5.90 Å². The lowest BCUT2D eigenvalue weighted by Crippen LogP contribution is -2.29. The van der Waals surface area contributed by atoms with E-state index in [1.807, 2.05) is 13.8 Å². The fourth-order valence-corrected chi connectivity index (χ4v) is 0.112. The summed E-state index contributed by atoms with van der Waals surface area (Å²) in [5, 5.41) is 0. The third kappa shape index (κ3) is 2.91. The summed E-state index contributed by atoms with van der Waals surface area (Å²) in [7, 11) is 0. The Kier molecular flexibility index (Phi) is 2.64. The van der Waals surface area contributed by atoms with E-state index in [1.165, 1.54) is 0 Å². The molecule has 0 spiro atoms. The van der Waals surface area contributed by atoms with Gasteiger partial charge in [0, 0.05) is 5.75 Å². The quantitative estimate of drug-likeness (QED) is 0.414. The van der Waals surface area contributed by atoms with Crippen molar-refractivity contribution in [2.45, 2.75) is 19.4 Å². The lowest BCUT2D eigenvalue weighted by Gasteiger charge is -2.17. The van der Waals surface area contributed by atoms with Crippen LogP contribution in [-0.2, 0) is 4.84 Å². The maximum absolute atomic E-state index is 4.87. The zero-order valence-corrected chi connectivity index (χ0v) is 5.53. The van der Waals surface area contributed by atoms with E-state index in [0.717, 1.165) is 0 Å². The average Bonchev–Trinajstić information content (AvgIpc) is 1.68. The molecule has 0 saturated heterocycles. The van der Waals surface area contributed by atoms with Crippen molar-refractivity contribution in [1.29, 1.82) is 0 Å². The number of hydrogen-bond donors (Lipinski definition) is 2. The van der Waals surface area contributed by atoms with E-state index < -0.39 is 0 Å². The summed E-state index contributed by atoms with van der Waals surface area (Å²) in [5.41, 5.74) is -0.275. The molecule has 0 aromatic heterocycles. The van der Waals surface area contributed by atoms with Crippen molar-refractivity contribution < 1.29 is 4.84 Å². The van der Waals surface area contributed by atoms with E-state index >= 15 is 0 Å². The molecule has 0 amide bonds. The van der Waals surface area contributed by atoms with Crippen LogP contribution in [0.3, 0.4) is 0 Å². The van der Waals surface area contributed by atoms with Crippen LogP contribution < -0.4 is 5.90 Å². The molecular formula is C4H11NOS. The van der Waals surface area contributed by atoms with Gasteiger partial charge in [0.05, 0.1) is 5.60 Å². The Bertz CT molecular complexity index is 49.7. The molecule has 2 nitrogen and oxygen atoms in total. The van der Waals surface area contributed by atoms with Gasteiger partial charge in [-0.1, -0.05) is 0 Å². The van der Waals surface area contributed by atoms with Crippen LogP contribution in [-0.4, -0.2) is 11.4 Å². The molecule has 44 valence electrons.